The quantitative estimate of drug-likeness (QED) is 0.672. The van der Waals surface area contributed by atoms with Gasteiger partial charge in [0.1, 0.15) is 6.29 Å². The van der Waals surface area contributed by atoms with Gasteiger partial charge < -0.3 is 9.78 Å². The Morgan fingerprint density at radius 3 is 2.18 bits per heavy atom. The molecule has 22 heavy (non-hydrogen) atoms. The van der Waals surface area contributed by atoms with Crippen LogP contribution in [0.15, 0.2) is 12.3 Å². The fourth-order valence-electron chi connectivity index (χ4n) is 3.68. The van der Waals surface area contributed by atoms with Crippen molar-refractivity contribution in [1.82, 2.24) is 4.98 Å². The van der Waals surface area contributed by atoms with Crippen LogP contribution in [0.2, 0.25) is 0 Å². The Labute approximate surface area is 136 Å². The van der Waals surface area contributed by atoms with Crippen molar-refractivity contribution in [3.63, 3.8) is 0 Å². The third-order valence-corrected chi connectivity index (χ3v) is 5.14. The summed E-state index contributed by atoms with van der Waals surface area (Å²) in [6, 6.07) is 2.24. The second kappa shape index (κ2) is 10.6. The first-order valence-electron chi connectivity index (χ1n) is 9.50. The maximum Gasteiger partial charge on any atom is 0.123 e. The molecule has 1 N–H and O–H groups in total. The van der Waals surface area contributed by atoms with Crippen LogP contribution in [-0.2, 0) is 17.6 Å². The van der Waals surface area contributed by atoms with Crippen molar-refractivity contribution in [1.29, 1.82) is 0 Å². The van der Waals surface area contributed by atoms with Crippen LogP contribution in [0, 0.1) is 5.92 Å². The summed E-state index contributed by atoms with van der Waals surface area (Å²) < 4.78 is 0. The molecular formula is C20H33NO. The summed E-state index contributed by atoms with van der Waals surface area (Å²) in [6.45, 7) is 0. The highest BCUT2D eigenvalue weighted by atomic mass is 16.1. The van der Waals surface area contributed by atoms with Gasteiger partial charge in [-0.15, -0.1) is 0 Å². The number of rotatable bonds is 1. The number of H-pyrrole nitrogens is 1. The summed E-state index contributed by atoms with van der Waals surface area (Å²) in [7, 11) is 0. The van der Waals surface area contributed by atoms with E-state index in [4.69, 9.17) is 0 Å². The van der Waals surface area contributed by atoms with Gasteiger partial charge >= 0.3 is 0 Å². The highest BCUT2D eigenvalue weighted by Gasteiger charge is 2.09. The van der Waals surface area contributed by atoms with Crippen molar-refractivity contribution < 1.29 is 4.79 Å². The van der Waals surface area contributed by atoms with Crippen LogP contribution in [0.25, 0.3) is 0 Å². The minimum atomic E-state index is 0.290. The zero-order valence-electron chi connectivity index (χ0n) is 14.1. The van der Waals surface area contributed by atoms with Crippen LogP contribution in [0.4, 0.5) is 0 Å². The average Bonchev–Trinajstić information content (AvgIpc) is 2.97. The molecular weight excluding hydrogens is 270 g/mol. The lowest BCUT2D eigenvalue weighted by Gasteiger charge is -2.10. The van der Waals surface area contributed by atoms with Crippen molar-refractivity contribution in [3.8, 4) is 0 Å². The lowest BCUT2D eigenvalue weighted by molar-refractivity contribution is -0.111. The van der Waals surface area contributed by atoms with Gasteiger partial charge in [0.15, 0.2) is 0 Å². The normalized spacial score (nSPS) is 23.4. The number of carbonyl (C=O) groups is 1. The van der Waals surface area contributed by atoms with Crippen LogP contribution in [0.3, 0.4) is 0 Å². The van der Waals surface area contributed by atoms with Gasteiger partial charge in [0.05, 0.1) is 0 Å². The lowest BCUT2D eigenvalue weighted by atomic mass is 9.95. The van der Waals surface area contributed by atoms with E-state index in [0.29, 0.717) is 0 Å². The van der Waals surface area contributed by atoms with Gasteiger partial charge in [0.25, 0.3) is 0 Å². The van der Waals surface area contributed by atoms with Crippen LogP contribution >= 0.6 is 0 Å². The van der Waals surface area contributed by atoms with Crippen molar-refractivity contribution in [2.75, 3.05) is 0 Å². The van der Waals surface area contributed by atoms with E-state index >= 15 is 0 Å². The van der Waals surface area contributed by atoms with Gasteiger partial charge in [-0.25, -0.2) is 0 Å². The predicted molar refractivity (Wildman–Crippen MR) is 93.2 cm³/mol. The summed E-state index contributed by atoms with van der Waals surface area (Å²) in [5, 5.41) is 0. The number of fused-ring (bicyclic) bond motifs is 1. The molecule has 1 aliphatic carbocycles. The fourth-order valence-corrected chi connectivity index (χ4v) is 3.68. The molecule has 2 heteroatoms. The van der Waals surface area contributed by atoms with Crippen molar-refractivity contribution >= 4 is 6.29 Å². The Morgan fingerprint density at radius 2 is 1.45 bits per heavy atom. The van der Waals surface area contributed by atoms with Gasteiger partial charge in [-0.2, -0.15) is 0 Å². The van der Waals surface area contributed by atoms with Crippen molar-refractivity contribution in [2.24, 2.45) is 5.92 Å². The second-order valence-corrected chi connectivity index (χ2v) is 6.99. The van der Waals surface area contributed by atoms with Crippen LogP contribution < -0.4 is 0 Å². The first-order chi connectivity index (χ1) is 10.9. The SMILES string of the molecule is O=CC1CCCCCCCCCCCc2[nH]ccc2CCC1. The Bertz CT molecular complexity index is 410. The third kappa shape index (κ3) is 6.37. The molecule has 1 unspecified atom stereocenters. The Kier molecular flexibility index (Phi) is 8.37. The largest absolute Gasteiger partial charge is 0.365 e. The van der Waals surface area contributed by atoms with E-state index in [9.17, 15) is 4.79 Å². The molecule has 0 radical (unpaired) electrons. The van der Waals surface area contributed by atoms with Gasteiger partial charge in [-0.05, 0) is 50.2 Å². The number of hydrogen-bond acceptors (Lipinski definition) is 1. The molecule has 1 aromatic heterocycles. The number of aromatic amines is 1. The van der Waals surface area contributed by atoms with E-state index in [1.807, 2.05) is 0 Å². The lowest BCUT2D eigenvalue weighted by Crippen LogP contribution is -2.03. The summed E-state index contributed by atoms with van der Waals surface area (Å²) >= 11 is 0. The molecule has 1 atom stereocenters. The minimum absolute atomic E-state index is 0.290. The average molecular weight is 303 g/mol. The van der Waals surface area contributed by atoms with Crippen molar-refractivity contribution in [2.45, 2.75) is 89.9 Å². The highest BCUT2D eigenvalue weighted by Crippen LogP contribution is 2.20. The summed E-state index contributed by atoms with van der Waals surface area (Å²) in [6.07, 6.45) is 21.1. The molecule has 0 saturated heterocycles. The second-order valence-electron chi connectivity index (χ2n) is 6.99. The van der Waals surface area contributed by atoms with Gasteiger partial charge in [0.2, 0.25) is 0 Å². The first-order valence-corrected chi connectivity index (χ1v) is 9.50. The first kappa shape index (κ1) is 17.3. The highest BCUT2D eigenvalue weighted by molar-refractivity contribution is 5.53. The summed E-state index contributed by atoms with van der Waals surface area (Å²) in [5.41, 5.74) is 2.92. The van der Waals surface area contributed by atoms with Crippen LogP contribution in [0.5, 0.6) is 0 Å². The molecule has 1 heterocycles. The Morgan fingerprint density at radius 1 is 0.818 bits per heavy atom. The summed E-state index contributed by atoms with van der Waals surface area (Å²) in [5.74, 6) is 0.290. The topological polar surface area (TPSA) is 32.9 Å². The van der Waals surface area contributed by atoms with E-state index in [-0.39, 0.29) is 5.92 Å². The maximum absolute atomic E-state index is 11.2. The van der Waals surface area contributed by atoms with E-state index < -0.39 is 0 Å². The smallest absolute Gasteiger partial charge is 0.123 e. The molecule has 2 nitrogen and oxygen atoms in total. The molecule has 1 aromatic rings. The molecule has 0 aromatic carbocycles. The molecule has 124 valence electrons. The number of aromatic nitrogens is 1. The molecule has 1 aliphatic rings. The van der Waals surface area contributed by atoms with Gasteiger partial charge in [-0.1, -0.05) is 51.4 Å². The Hall–Kier alpha value is -1.05. The third-order valence-electron chi connectivity index (χ3n) is 5.14. The number of carbonyl (C=O) groups excluding carboxylic acids is 1. The van der Waals surface area contributed by atoms with Crippen LogP contribution in [0.1, 0.15) is 88.3 Å². The zero-order chi connectivity index (χ0) is 15.5. The van der Waals surface area contributed by atoms with Gasteiger partial charge in [0, 0.05) is 17.8 Å². The maximum atomic E-state index is 11.2. The molecule has 0 saturated carbocycles. The molecule has 2 rings (SSSR count). The minimum Gasteiger partial charge on any atom is -0.365 e. The molecule has 0 amide bonds. The monoisotopic (exact) mass is 303 g/mol. The van der Waals surface area contributed by atoms with E-state index in [0.717, 1.165) is 25.7 Å². The van der Waals surface area contributed by atoms with Gasteiger partial charge in [-0.3, -0.25) is 0 Å². The molecule has 0 fully saturated rings. The standard InChI is InChI=1S/C20H33NO/c22-17-18-11-8-6-4-2-1-3-5-7-9-14-20-19(13-10-12-18)15-16-21-20/h15-18,21H,1-14H2. The number of aryl methyl sites for hydroxylation is 2. The molecule has 0 spiro atoms. The zero-order valence-corrected chi connectivity index (χ0v) is 14.1. The van der Waals surface area contributed by atoms with E-state index in [1.54, 1.807) is 0 Å². The number of nitrogens with one attached hydrogen (secondary N) is 1. The van der Waals surface area contributed by atoms with E-state index in [2.05, 4.69) is 17.2 Å². The fraction of sp³-hybridized carbons (Fsp3) is 0.750. The predicted octanol–water partition coefficient (Wildman–Crippen LogP) is 5.61. The Balaban J connectivity index is 1.85. The molecule has 0 bridgehead atoms. The van der Waals surface area contributed by atoms with Crippen molar-refractivity contribution in [3.05, 3.63) is 23.5 Å². The summed E-state index contributed by atoms with van der Waals surface area (Å²) in [4.78, 5) is 14.7. The number of aldehydes is 1. The van der Waals surface area contributed by atoms with E-state index in [1.165, 1.54) is 81.8 Å². The molecule has 0 aliphatic heterocycles. The number of hydrogen-bond donors (Lipinski definition) is 1. The van der Waals surface area contributed by atoms with Crippen LogP contribution in [-0.4, -0.2) is 11.3 Å².